The Labute approximate surface area is 125 Å². The van der Waals surface area contributed by atoms with E-state index in [2.05, 4.69) is 22.4 Å². The summed E-state index contributed by atoms with van der Waals surface area (Å²) in [5.74, 6) is -0.0801. The molecular formula is C14H13N3OS2. The first-order valence-corrected chi connectivity index (χ1v) is 7.95. The lowest BCUT2D eigenvalue weighted by molar-refractivity contribution is 0.102. The number of thiophene rings is 2. The molecule has 3 heterocycles. The van der Waals surface area contributed by atoms with Crippen molar-refractivity contribution in [3.63, 3.8) is 0 Å². The van der Waals surface area contributed by atoms with Gasteiger partial charge < -0.3 is 10.6 Å². The molecule has 0 fully saturated rings. The molecule has 0 unspecified atom stereocenters. The number of nitrogen functional groups attached to an aromatic ring is 1. The number of carbonyl (C=O) groups is 1. The quantitative estimate of drug-likeness (QED) is 0.866. The normalized spacial score (nSPS) is 13.9. The summed E-state index contributed by atoms with van der Waals surface area (Å²) in [4.78, 5) is 15.7. The van der Waals surface area contributed by atoms with Gasteiger partial charge in [-0.2, -0.15) is 5.26 Å². The monoisotopic (exact) mass is 303 g/mol. The molecule has 1 aliphatic heterocycles. The Kier molecular flexibility index (Phi) is 3.24. The van der Waals surface area contributed by atoms with E-state index in [0.717, 1.165) is 24.5 Å². The summed E-state index contributed by atoms with van der Waals surface area (Å²) in [6.07, 6.45) is 0.977. The van der Waals surface area contributed by atoms with Gasteiger partial charge in [0.25, 0.3) is 0 Å². The minimum atomic E-state index is -0.0801. The number of nitrogens with two attached hydrogens (primary N) is 1. The molecule has 2 N–H and O–H groups in total. The topological polar surface area (TPSA) is 70.1 Å². The van der Waals surface area contributed by atoms with Gasteiger partial charge in [0.1, 0.15) is 16.6 Å². The molecule has 0 aliphatic carbocycles. The van der Waals surface area contributed by atoms with Crippen molar-refractivity contribution in [2.45, 2.75) is 19.9 Å². The van der Waals surface area contributed by atoms with Crippen LogP contribution in [0.2, 0.25) is 0 Å². The molecule has 0 bridgehead atoms. The van der Waals surface area contributed by atoms with Gasteiger partial charge in [0.15, 0.2) is 5.78 Å². The first-order valence-electron chi connectivity index (χ1n) is 6.25. The van der Waals surface area contributed by atoms with Gasteiger partial charge in [-0.15, -0.1) is 22.7 Å². The van der Waals surface area contributed by atoms with Crippen molar-refractivity contribution in [2.75, 3.05) is 17.2 Å². The first-order chi connectivity index (χ1) is 9.61. The second kappa shape index (κ2) is 4.93. The molecule has 0 atom stereocenters. The van der Waals surface area contributed by atoms with Gasteiger partial charge >= 0.3 is 0 Å². The molecule has 2 aromatic rings. The van der Waals surface area contributed by atoms with E-state index in [-0.39, 0.29) is 5.78 Å². The van der Waals surface area contributed by atoms with Crippen LogP contribution in [0.3, 0.4) is 0 Å². The van der Waals surface area contributed by atoms with Crippen molar-refractivity contribution in [3.8, 4) is 6.07 Å². The second-order valence-electron chi connectivity index (χ2n) is 4.73. The number of hydrogen-bond donors (Lipinski definition) is 1. The van der Waals surface area contributed by atoms with Crippen molar-refractivity contribution >= 4 is 39.1 Å². The highest BCUT2D eigenvalue weighted by Gasteiger charge is 2.25. The highest BCUT2D eigenvalue weighted by molar-refractivity contribution is 7.19. The van der Waals surface area contributed by atoms with Crippen molar-refractivity contribution in [2.24, 2.45) is 0 Å². The number of hydrogen-bond acceptors (Lipinski definition) is 6. The number of fused-ring (bicyclic) bond motifs is 1. The number of nitriles is 1. The lowest BCUT2D eigenvalue weighted by Crippen LogP contribution is -2.29. The summed E-state index contributed by atoms with van der Waals surface area (Å²) in [6, 6.07) is 4.27. The number of carbonyl (C=O) groups excluding carboxylic acids is 1. The summed E-state index contributed by atoms with van der Waals surface area (Å²) in [7, 11) is 0. The molecule has 3 rings (SSSR count). The number of rotatable bonds is 2. The van der Waals surface area contributed by atoms with Gasteiger partial charge in [-0.3, -0.25) is 4.79 Å². The molecule has 0 aromatic carbocycles. The fourth-order valence-electron chi connectivity index (χ4n) is 2.45. The third-order valence-electron chi connectivity index (χ3n) is 3.45. The Morgan fingerprint density at radius 2 is 2.35 bits per heavy atom. The second-order valence-corrected chi connectivity index (χ2v) is 6.73. The molecule has 0 saturated heterocycles. The molecule has 0 amide bonds. The summed E-state index contributed by atoms with van der Waals surface area (Å²) in [6.45, 7) is 3.13. The Morgan fingerprint density at radius 1 is 1.55 bits per heavy atom. The number of anilines is 2. The molecule has 6 heteroatoms. The Balaban J connectivity index is 2.02. The maximum atomic E-state index is 11.6. The van der Waals surface area contributed by atoms with Crippen LogP contribution in [0.5, 0.6) is 0 Å². The van der Waals surface area contributed by atoms with Crippen LogP contribution in [0.15, 0.2) is 11.4 Å². The van der Waals surface area contributed by atoms with Gasteiger partial charge in [0, 0.05) is 24.9 Å². The molecule has 0 saturated carbocycles. The number of Topliss-reactive ketones (excluding diaryl/α,β-unsaturated/α-hetero) is 1. The summed E-state index contributed by atoms with van der Waals surface area (Å²) >= 11 is 3.11. The Bertz CT molecular complexity index is 723. The standard InChI is InChI=1S/C14H13N3OS2/c1-8(18)13-12(16)10(6-15)14(20-13)17-4-2-11-9(7-17)3-5-19-11/h3,5H,2,4,7,16H2,1H3. The van der Waals surface area contributed by atoms with Crippen molar-refractivity contribution < 1.29 is 4.79 Å². The lowest BCUT2D eigenvalue weighted by Gasteiger charge is -2.27. The van der Waals surface area contributed by atoms with Gasteiger partial charge in [0.2, 0.25) is 0 Å². The number of ketones is 1. The molecule has 2 aromatic heterocycles. The van der Waals surface area contributed by atoms with E-state index in [9.17, 15) is 10.1 Å². The molecule has 102 valence electrons. The van der Waals surface area contributed by atoms with Crippen LogP contribution < -0.4 is 10.6 Å². The average molecular weight is 303 g/mol. The largest absolute Gasteiger partial charge is 0.396 e. The average Bonchev–Trinajstić information content (AvgIpc) is 3.01. The first kappa shape index (κ1) is 13.2. The third kappa shape index (κ3) is 1.99. The maximum Gasteiger partial charge on any atom is 0.171 e. The maximum absolute atomic E-state index is 11.6. The fraction of sp³-hybridized carbons (Fsp3) is 0.286. The predicted octanol–water partition coefficient (Wildman–Crippen LogP) is 3.03. The fourth-order valence-corrected chi connectivity index (χ4v) is 4.43. The third-order valence-corrected chi connectivity index (χ3v) is 5.84. The minimum absolute atomic E-state index is 0.0801. The Morgan fingerprint density at radius 3 is 3.05 bits per heavy atom. The van der Waals surface area contributed by atoms with E-state index in [1.165, 1.54) is 28.7 Å². The highest BCUT2D eigenvalue weighted by atomic mass is 32.1. The van der Waals surface area contributed by atoms with Crippen LogP contribution in [-0.2, 0) is 13.0 Å². The van der Waals surface area contributed by atoms with Crippen LogP contribution >= 0.6 is 22.7 Å². The Hall–Kier alpha value is -1.84. The smallest absolute Gasteiger partial charge is 0.171 e. The van der Waals surface area contributed by atoms with Gasteiger partial charge in [-0.1, -0.05) is 0 Å². The van der Waals surface area contributed by atoms with E-state index in [0.29, 0.717) is 16.1 Å². The van der Waals surface area contributed by atoms with Crippen LogP contribution in [-0.4, -0.2) is 12.3 Å². The van der Waals surface area contributed by atoms with Gasteiger partial charge in [-0.05, 0) is 23.4 Å². The van der Waals surface area contributed by atoms with Crippen LogP contribution in [0.25, 0.3) is 0 Å². The summed E-state index contributed by atoms with van der Waals surface area (Å²) in [5, 5.41) is 12.2. The van der Waals surface area contributed by atoms with E-state index in [1.807, 2.05) is 0 Å². The highest BCUT2D eigenvalue weighted by Crippen LogP contribution is 2.40. The van der Waals surface area contributed by atoms with Gasteiger partial charge in [0.05, 0.1) is 10.6 Å². The van der Waals surface area contributed by atoms with Gasteiger partial charge in [-0.25, -0.2) is 0 Å². The molecule has 0 radical (unpaired) electrons. The lowest BCUT2D eigenvalue weighted by atomic mass is 10.1. The minimum Gasteiger partial charge on any atom is -0.396 e. The van der Waals surface area contributed by atoms with E-state index < -0.39 is 0 Å². The predicted molar refractivity (Wildman–Crippen MR) is 82.5 cm³/mol. The molecule has 4 nitrogen and oxygen atoms in total. The molecular weight excluding hydrogens is 290 g/mol. The SMILES string of the molecule is CC(=O)c1sc(N2CCc3sccc3C2)c(C#N)c1N. The zero-order valence-corrected chi connectivity index (χ0v) is 12.6. The van der Waals surface area contributed by atoms with Crippen molar-refractivity contribution in [1.82, 2.24) is 0 Å². The molecule has 20 heavy (non-hydrogen) atoms. The van der Waals surface area contributed by atoms with Crippen molar-refractivity contribution in [3.05, 3.63) is 32.3 Å². The van der Waals surface area contributed by atoms with Crippen LogP contribution in [0.1, 0.15) is 32.6 Å². The summed E-state index contributed by atoms with van der Waals surface area (Å²) < 4.78 is 0. The zero-order valence-electron chi connectivity index (χ0n) is 11.0. The van der Waals surface area contributed by atoms with Crippen molar-refractivity contribution in [1.29, 1.82) is 5.26 Å². The van der Waals surface area contributed by atoms with E-state index >= 15 is 0 Å². The number of nitrogens with zero attached hydrogens (tertiary/aromatic N) is 2. The van der Waals surface area contributed by atoms with E-state index in [1.54, 1.807) is 11.3 Å². The van der Waals surface area contributed by atoms with Crippen LogP contribution in [0, 0.1) is 11.3 Å². The van der Waals surface area contributed by atoms with Crippen LogP contribution in [0.4, 0.5) is 10.7 Å². The molecule has 0 spiro atoms. The summed E-state index contributed by atoms with van der Waals surface area (Å²) in [5.41, 5.74) is 8.02. The molecule has 1 aliphatic rings. The zero-order chi connectivity index (χ0) is 14.3. The van der Waals surface area contributed by atoms with E-state index in [4.69, 9.17) is 5.73 Å².